The molecule has 2 aromatic rings. The molecule has 3 aliphatic heterocycles. The zero-order valence-electron chi connectivity index (χ0n) is 99.9. The third-order valence-corrected chi connectivity index (χ3v) is 79.1. The number of cyclic esters (lactones) is 1. The van der Waals surface area contributed by atoms with Crippen molar-refractivity contribution in [2.75, 3.05) is 20.3 Å². The van der Waals surface area contributed by atoms with Crippen LogP contribution in [0.25, 0.3) is 11.1 Å². The first kappa shape index (κ1) is 134. The number of ether oxygens (including phenoxy) is 7. The first-order chi connectivity index (χ1) is 71.4. The third kappa shape index (κ3) is 36.8. The molecule has 0 saturated carbocycles. The highest BCUT2D eigenvalue weighted by Crippen LogP contribution is 2.50. The van der Waals surface area contributed by atoms with Crippen molar-refractivity contribution in [3.05, 3.63) is 157 Å². The monoisotopic (exact) mass is 2230 g/mol. The molecule has 29 heteroatoms. The smallest absolute Gasteiger partial charge is 0.407 e. The molecule has 149 heavy (non-hydrogen) atoms. The molecular formula is C120H215NO19Si9. The molecule has 0 unspecified atom stereocenters. The molecule has 850 valence electrons. The second-order valence-electron chi connectivity index (χ2n) is 43.7. The van der Waals surface area contributed by atoms with Crippen LogP contribution in [0.1, 0.15) is 283 Å². The van der Waals surface area contributed by atoms with Crippen molar-refractivity contribution in [1.29, 1.82) is 0 Å². The van der Waals surface area contributed by atoms with Crippen molar-refractivity contribution in [2.45, 2.75) is 533 Å². The van der Waals surface area contributed by atoms with Crippen LogP contribution in [0.15, 0.2) is 146 Å². The fourth-order valence-corrected chi connectivity index (χ4v) is 50.3. The van der Waals surface area contributed by atoms with E-state index in [1.54, 1.807) is 13.2 Å². The Morgan fingerprint density at radius 1 is 0.403 bits per heavy atom. The van der Waals surface area contributed by atoms with Crippen molar-refractivity contribution in [3.8, 4) is 11.1 Å². The maximum absolute atomic E-state index is 16.3. The van der Waals surface area contributed by atoms with E-state index in [1.807, 2.05) is 73.8 Å². The van der Waals surface area contributed by atoms with Crippen LogP contribution in [0.3, 0.4) is 0 Å². The number of benzene rings is 2. The van der Waals surface area contributed by atoms with Gasteiger partial charge in [-0.3, -0.25) is 9.59 Å². The Hall–Kier alpha value is -4.00. The lowest BCUT2D eigenvalue weighted by atomic mass is 9.82. The van der Waals surface area contributed by atoms with E-state index in [1.165, 1.54) is 0 Å². The minimum absolute atomic E-state index is 0.00124. The quantitative estimate of drug-likeness (QED) is 0.0282. The topological polar surface area (TPSA) is 211 Å². The van der Waals surface area contributed by atoms with Crippen molar-refractivity contribution in [3.63, 3.8) is 0 Å². The van der Waals surface area contributed by atoms with Crippen LogP contribution >= 0.6 is 0 Å². The molecule has 2 aromatic carbocycles. The van der Waals surface area contributed by atoms with Crippen molar-refractivity contribution < 1.29 is 87.4 Å². The van der Waals surface area contributed by atoms with Gasteiger partial charge >= 0.3 is 18.0 Å². The number of hydrogen-bond acceptors (Lipinski definition) is 19. The maximum atomic E-state index is 16.3. The highest BCUT2D eigenvalue weighted by Gasteiger charge is 2.59. The highest BCUT2D eigenvalue weighted by molar-refractivity contribution is 6.77. The highest BCUT2D eigenvalue weighted by atomic mass is 28.4. The van der Waals surface area contributed by atoms with Gasteiger partial charge in [-0.25, -0.2) is 4.79 Å². The van der Waals surface area contributed by atoms with Gasteiger partial charge in [-0.05, 0) is 231 Å². The van der Waals surface area contributed by atoms with Crippen LogP contribution < -0.4 is 5.32 Å². The van der Waals surface area contributed by atoms with E-state index >= 15 is 14.4 Å². The second kappa shape index (κ2) is 66.1. The lowest BCUT2D eigenvalue weighted by Crippen LogP contribution is -2.69. The van der Waals surface area contributed by atoms with Crippen LogP contribution in [0.5, 0.6) is 0 Å². The van der Waals surface area contributed by atoms with E-state index in [0.29, 0.717) is 25.7 Å². The number of allylic oxidation sites excluding steroid dienone is 12. The van der Waals surface area contributed by atoms with Crippen LogP contribution in [0, 0.1) is 17.8 Å². The summed E-state index contributed by atoms with van der Waals surface area (Å²) in [6.45, 7) is 74.6. The molecule has 3 heterocycles. The van der Waals surface area contributed by atoms with Gasteiger partial charge in [0.25, 0.3) is 0 Å². The Labute approximate surface area is 918 Å². The molecule has 1 N–H and O–H groups in total. The zero-order chi connectivity index (χ0) is 110. The van der Waals surface area contributed by atoms with Gasteiger partial charge in [0.2, 0.25) is 0 Å². The number of alkyl carbamates (subject to hydrolysis) is 1. The van der Waals surface area contributed by atoms with E-state index in [4.69, 9.17) is 73.0 Å². The van der Waals surface area contributed by atoms with E-state index < -0.39 is 178 Å². The van der Waals surface area contributed by atoms with Gasteiger partial charge in [0.15, 0.2) is 86.9 Å². The first-order valence-electron chi connectivity index (χ1n) is 59.9. The van der Waals surface area contributed by atoms with Crippen molar-refractivity contribution >= 4 is 92.9 Å². The lowest BCUT2D eigenvalue weighted by Gasteiger charge is -2.52. The fourth-order valence-electron chi connectivity index (χ4n) is 24.2. The number of methoxy groups -OCH3 is 1. The average Bonchev–Trinajstić information content (AvgIpc) is 1.75. The normalized spacial score (nSPS) is 27.9. The summed E-state index contributed by atoms with van der Waals surface area (Å²) in [4.78, 5) is 47.5. The number of rotatable bonds is 54. The first-order valence-corrected chi connectivity index (χ1v) is 82.6. The van der Waals surface area contributed by atoms with Gasteiger partial charge in [0, 0.05) is 44.3 Å². The van der Waals surface area contributed by atoms with Gasteiger partial charge in [-0.1, -0.05) is 347 Å². The maximum Gasteiger partial charge on any atom is 0.407 e. The van der Waals surface area contributed by atoms with Gasteiger partial charge in [-0.2, -0.15) is 0 Å². The number of amides is 1. The standard InChI is InChI=1S/C120H215NO19Si9/c1-34-86-126-117(123)112-109-88-98(130-118-116(140-149(59-26,60-27)61-28)113(115(97(32)129-118)139-148(56-23,57-24)58-25)121-119(124)127-93-106-104-82-76-74-80-102(104)103-81-75-77-83-105(103)106)79-73-71-69-67-65-63-62-64-66-68-70-72-78-94(29)114(138-147(53-20,54-21)55-22)95(30)96(31)128-111(122)90-100(133-142(38-5,39-6)40-7)87-99(132-141(35-2,36-3)37-4)84-85-107(135-144(44-11,45-12)46-13)108(136-145(47-14,48-15)49-16)89-101(134-143(41-8,42-9)43-10)91-120(125-33,131-109)92-110(112)137-146(50-17,51-18)52-19/h34,62-83,94-101,106-110,112-116,118H,1,35-61,84-93H2,2-33H3,(H,121,124)/b63-62+,66-64+,67-65+,70-68+,71-69+,78-72+,79-73+/t94-,95-,96-,97+,98-,99+,100+,101-,107+,108+,109-,110-,112-,113-,114+,115+,116-,118-,120+/m0/s1. The van der Waals surface area contributed by atoms with Crippen molar-refractivity contribution in [2.24, 2.45) is 17.8 Å². The fraction of sp³-hybridized carbons (Fsp3) is 0.742. The van der Waals surface area contributed by atoms with Gasteiger partial charge in [-0.15, -0.1) is 0 Å². The third-order valence-electron chi connectivity index (χ3n) is 37.1. The molecule has 6 rings (SSSR count). The van der Waals surface area contributed by atoms with E-state index in [0.717, 1.165) is 185 Å². The van der Waals surface area contributed by atoms with E-state index in [2.05, 4.69) is 286 Å². The number of esters is 2. The van der Waals surface area contributed by atoms with Crippen LogP contribution in [-0.2, 0) is 82.6 Å². The number of nitrogens with one attached hydrogen (secondary N) is 1. The lowest BCUT2D eigenvalue weighted by molar-refractivity contribution is -0.315. The summed E-state index contributed by atoms with van der Waals surface area (Å²) in [5, 5.41) is 3.53. The van der Waals surface area contributed by atoms with Crippen LogP contribution in [0.2, 0.25) is 163 Å². The molecule has 2 saturated heterocycles. The van der Waals surface area contributed by atoms with Crippen LogP contribution in [-0.4, -0.2) is 211 Å². The molecular weight excluding hydrogens is 2010 g/mol. The number of fused-ring (bicyclic) bond motifs is 5. The Kier molecular flexibility index (Phi) is 59.3. The molecule has 1 amide bonds. The van der Waals surface area contributed by atoms with Crippen LogP contribution in [0.4, 0.5) is 4.79 Å². The molecule has 2 bridgehead atoms. The largest absolute Gasteiger partial charge is 0.462 e. The minimum atomic E-state index is -2.74. The molecule has 20 nitrogen and oxygen atoms in total. The summed E-state index contributed by atoms with van der Waals surface area (Å²) in [7, 11) is -21.1. The minimum Gasteiger partial charge on any atom is -0.462 e. The molecule has 19 atom stereocenters. The summed E-state index contributed by atoms with van der Waals surface area (Å²) < 4.78 is 124. The molecule has 0 spiro atoms. The predicted molar refractivity (Wildman–Crippen MR) is 644 cm³/mol. The Bertz CT molecular complexity index is 4260. The average molecular weight is 2230 g/mol. The molecule has 2 fully saturated rings. The van der Waals surface area contributed by atoms with Gasteiger partial charge < -0.3 is 78.3 Å². The molecule has 1 aliphatic carbocycles. The summed E-state index contributed by atoms with van der Waals surface area (Å²) >= 11 is 0. The molecule has 0 aromatic heterocycles. The SMILES string of the molecule is C=CCOC(=O)[C@H]1[C@@H]2C[C@@H](O[C@@H]3O[C@H](C)[C@@H](O[Si](CC)(CC)CC)[C@H](NC(=O)OCC4c5ccccc5-c5ccccc54)[C@@H]3O[Si](CC)(CC)CC)/C=C/C=C/C=C/C=C/C=C/C=C/C=C/[C@H](C)[C@@H](O[Si](CC)(CC)CC)[C@@H](C)[C@H](C)OC(=O)C[C@H](O[Si](CC)(CC)CC)C[C@H](O[Si](CC)(CC)CC)CC[C@@H](O[Si](CC)(CC)CC)[C@H](O[Si](CC)(CC)CC)C[C@H](O[Si](CC)(CC)CC)C[C@](OC)(C[C@@H]1O[Si](CC)(CC)CC)O2. The second-order valence-corrected chi connectivity index (χ2v) is 86.2. The Balaban J connectivity index is 1.78. The molecule has 4 aliphatic rings. The van der Waals surface area contributed by atoms with E-state index in [-0.39, 0.29) is 74.8 Å². The number of carbonyl (C=O) groups excluding carboxylic acids is 3. The summed E-state index contributed by atoms with van der Waals surface area (Å²) in [5.74, 6) is -3.57. The zero-order valence-corrected chi connectivity index (χ0v) is 109. The number of hydrogen-bond donors (Lipinski definition) is 1. The predicted octanol–water partition coefficient (Wildman–Crippen LogP) is 32.9. The summed E-state index contributed by atoms with van der Waals surface area (Å²) in [6, 6.07) is 40.0. The summed E-state index contributed by atoms with van der Waals surface area (Å²) in [5.41, 5.74) is 4.50. The van der Waals surface area contributed by atoms with Crippen molar-refractivity contribution in [1.82, 2.24) is 5.32 Å². The number of carbonyl (C=O) groups is 3. The summed E-state index contributed by atoms with van der Waals surface area (Å²) in [6.07, 6.45) is 23.5. The van der Waals surface area contributed by atoms with Gasteiger partial charge in [0.1, 0.15) is 31.3 Å². The Morgan fingerprint density at radius 2 is 0.779 bits per heavy atom. The van der Waals surface area contributed by atoms with E-state index in [9.17, 15) is 0 Å². The molecule has 0 radical (unpaired) electrons. The Morgan fingerprint density at radius 3 is 1.21 bits per heavy atom. The van der Waals surface area contributed by atoms with Gasteiger partial charge in [0.05, 0.1) is 73.5 Å².